The average molecular weight is 403 g/mol. The van der Waals surface area contributed by atoms with E-state index in [1.165, 1.54) is 10.8 Å². The van der Waals surface area contributed by atoms with Crippen molar-refractivity contribution >= 4 is 24.4 Å². The van der Waals surface area contributed by atoms with E-state index in [1.807, 2.05) is 13.6 Å². The van der Waals surface area contributed by atoms with E-state index in [4.69, 9.17) is 9.59 Å². The average Bonchev–Trinajstić information content (AvgIpc) is 2.71. The molecule has 82 valence electrons. The van der Waals surface area contributed by atoms with Gasteiger partial charge in [0.25, 0.3) is 0 Å². The molecule has 0 atom stereocenters. The van der Waals surface area contributed by atoms with Gasteiger partial charge in [-0.3, -0.25) is 0 Å². The molecule has 0 spiro atoms. The fraction of sp³-hybridized carbons (Fsp3) is 0. The van der Waals surface area contributed by atoms with Gasteiger partial charge in [-0.25, -0.2) is 0 Å². The van der Waals surface area contributed by atoms with Crippen molar-refractivity contribution in [2.45, 2.75) is 0 Å². The van der Waals surface area contributed by atoms with Crippen molar-refractivity contribution < 1.29 is 53.0 Å². The Morgan fingerprint density at radius 2 is 1.47 bits per heavy atom. The monoisotopic (exact) mass is 404 g/mol. The van der Waals surface area contributed by atoms with E-state index in [0.29, 0.717) is 0 Å². The molecule has 2 aromatic rings. The number of carbonyl (C=O) groups is 2. The summed E-state index contributed by atoms with van der Waals surface area (Å²) in [6.07, 6.45) is 0. The van der Waals surface area contributed by atoms with Crippen LogP contribution in [0.3, 0.4) is 0 Å². The maximum Gasteiger partial charge on any atom is 2.00 e. The summed E-state index contributed by atoms with van der Waals surface area (Å²) in [4.78, 5) is 16.0. The second kappa shape index (κ2) is 13.5. The van der Waals surface area contributed by atoms with Crippen LogP contribution in [0.25, 0.3) is 10.8 Å². The Bertz CT molecular complexity index is 317. The summed E-state index contributed by atoms with van der Waals surface area (Å²) in [5.41, 5.74) is 0. The number of halogens is 1. The van der Waals surface area contributed by atoms with Gasteiger partial charge in [0, 0.05) is 0 Å². The Kier molecular flexibility index (Phi) is 18.0. The van der Waals surface area contributed by atoms with Crippen LogP contribution in [0.1, 0.15) is 0 Å². The van der Waals surface area contributed by atoms with Gasteiger partial charge in [0.1, 0.15) is 13.6 Å². The van der Waals surface area contributed by atoms with E-state index in [0.717, 1.165) is 0 Å². The molecule has 0 aromatic heterocycles. The molecule has 2 nitrogen and oxygen atoms in total. The van der Waals surface area contributed by atoms with Crippen LogP contribution in [-0.2, 0) is 29.1 Å². The Balaban J connectivity index is -0.000000218. The molecule has 0 aliphatic heterocycles. The number of fused-ring (bicyclic) bond motifs is 1. The van der Waals surface area contributed by atoms with Crippen molar-refractivity contribution in [3.8, 4) is 0 Å². The van der Waals surface area contributed by atoms with Gasteiger partial charge in [0.2, 0.25) is 0 Å². The summed E-state index contributed by atoms with van der Waals surface area (Å²) in [6, 6.07) is 14.7. The standard InChI is InChI=1S/C9H7.2CH2O.HI.Ru/c1-2-5-9-7-3-6-8(9)4-1;2*1-2;;/h1-7H;2*1H2;1H;/q-1;;;;+2/p-1. The molecule has 0 aliphatic rings. The van der Waals surface area contributed by atoms with Crippen LogP contribution in [0.15, 0.2) is 42.5 Å². The molecule has 0 fully saturated rings. The van der Waals surface area contributed by atoms with Crippen LogP contribution in [-0.4, -0.2) is 13.6 Å². The summed E-state index contributed by atoms with van der Waals surface area (Å²) in [6.45, 7) is 4.00. The third-order valence-electron chi connectivity index (χ3n) is 1.55. The predicted octanol–water partition coefficient (Wildman–Crippen LogP) is -0.810. The van der Waals surface area contributed by atoms with Gasteiger partial charge in [-0.15, -0.1) is 29.7 Å². The van der Waals surface area contributed by atoms with Gasteiger partial charge >= 0.3 is 19.5 Å². The first kappa shape index (κ1) is 20.0. The molecule has 0 bridgehead atoms. The Hall–Kier alpha value is -0.477. The molecule has 0 N–H and O–H groups in total. The second-order valence-corrected chi connectivity index (χ2v) is 2.15. The van der Waals surface area contributed by atoms with Crippen LogP contribution in [0.5, 0.6) is 0 Å². The van der Waals surface area contributed by atoms with Crippen LogP contribution >= 0.6 is 0 Å². The van der Waals surface area contributed by atoms with E-state index >= 15 is 0 Å². The molecular formula is C11H11IO2Ru. The zero-order chi connectivity index (χ0) is 10.1. The number of benzene rings is 1. The number of carbonyl (C=O) groups excluding carboxylic acids is 2. The van der Waals surface area contributed by atoms with E-state index in [9.17, 15) is 0 Å². The SMILES string of the molecule is C=O.C=O.[I-].[Ru+2].c1ccc2[cH-]ccc2c1. The molecule has 0 saturated carbocycles. The Labute approximate surface area is 119 Å². The van der Waals surface area contributed by atoms with Crippen molar-refractivity contribution in [1.82, 2.24) is 0 Å². The van der Waals surface area contributed by atoms with Gasteiger partial charge in [-0.2, -0.15) is 17.5 Å². The van der Waals surface area contributed by atoms with Crippen LogP contribution in [0.2, 0.25) is 0 Å². The van der Waals surface area contributed by atoms with Crippen molar-refractivity contribution in [3.05, 3.63) is 42.5 Å². The largest absolute Gasteiger partial charge is 2.00 e. The van der Waals surface area contributed by atoms with Crippen molar-refractivity contribution in [1.29, 1.82) is 0 Å². The van der Waals surface area contributed by atoms with E-state index in [2.05, 4.69) is 42.5 Å². The molecule has 4 heteroatoms. The molecule has 0 heterocycles. The first-order valence-electron chi connectivity index (χ1n) is 3.65. The van der Waals surface area contributed by atoms with Gasteiger partial charge in [-0.1, -0.05) is 6.07 Å². The van der Waals surface area contributed by atoms with Crippen molar-refractivity contribution in [2.24, 2.45) is 0 Å². The van der Waals surface area contributed by atoms with Crippen LogP contribution < -0.4 is 24.0 Å². The fourth-order valence-corrected chi connectivity index (χ4v) is 1.07. The van der Waals surface area contributed by atoms with E-state index < -0.39 is 0 Å². The second-order valence-electron chi connectivity index (χ2n) is 2.15. The van der Waals surface area contributed by atoms with E-state index in [1.54, 1.807) is 0 Å². The number of rotatable bonds is 0. The summed E-state index contributed by atoms with van der Waals surface area (Å²) >= 11 is 0. The maximum absolute atomic E-state index is 8.00. The number of hydrogen-bond donors (Lipinski definition) is 0. The fourth-order valence-electron chi connectivity index (χ4n) is 1.07. The molecule has 0 saturated heterocycles. The minimum absolute atomic E-state index is 0. The first-order valence-corrected chi connectivity index (χ1v) is 3.65. The minimum Gasteiger partial charge on any atom is -1.00 e. The van der Waals surface area contributed by atoms with Gasteiger partial charge in [-0.05, 0) is 0 Å². The Morgan fingerprint density at radius 1 is 0.933 bits per heavy atom. The summed E-state index contributed by atoms with van der Waals surface area (Å²) in [7, 11) is 0. The summed E-state index contributed by atoms with van der Waals surface area (Å²) in [5, 5.41) is 2.66. The van der Waals surface area contributed by atoms with Crippen molar-refractivity contribution in [2.75, 3.05) is 0 Å². The summed E-state index contributed by atoms with van der Waals surface area (Å²) in [5.74, 6) is 0. The molecule has 0 unspecified atom stereocenters. The topological polar surface area (TPSA) is 34.1 Å². The third-order valence-corrected chi connectivity index (χ3v) is 1.55. The molecule has 15 heavy (non-hydrogen) atoms. The van der Waals surface area contributed by atoms with E-state index in [-0.39, 0.29) is 43.5 Å². The number of hydrogen-bond acceptors (Lipinski definition) is 2. The first-order chi connectivity index (χ1) is 6.47. The zero-order valence-electron chi connectivity index (χ0n) is 8.00. The maximum atomic E-state index is 8.00. The quantitative estimate of drug-likeness (QED) is 0.328. The Morgan fingerprint density at radius 3 is 2.00 bits per heavy atom. The smallest absolute Gasteiger partial charge is 1.00 e. The molecule has 0 amide bonds. The van der Waals surface area contributed by atoms with Gasteiger partial charge in [0.05, 0.1) is 0 Å². The van der Waals surface area contributed by atoms with Gasteiger partial charge in [0.15, 0.2) is 0 Å². The summed E-state index contributed by atoms with van der Waals surface area (Å²) < 4.78 is 0. The zero-order valence-corrected chi connectivity index (χ0v) is 11.9. The molecule has 0 aliphatic carbocycles. The molecule has 0 radical (unpaired) electrons. The van der Waals surface area contributed by atoms with Crippen molar-refractivity contribution in [3.63, 3.8) is 0 Å². The van der Waals surface area contributed by atoms with Crippen LogP contribution in [0.4, 0.5) is 0 Å². The molecule has 2 aromatic carbocycles. The molecule has 2 rings (SSSR count). The van der Waals surface area contributed by atoms with Gasteiger partial charge < -0.3 is 33.6 Å². The minimum atomic E-state index is 0. The third kappa shape index (κ3) is 6.58. The normalized spacial score (nSPS) is 6.67. The molecular weight excluding hydrogens is 392 g/mol. The predicted molar refractivity (Wildman–Crippen MR) is 53.8 cm³/mol. The van der Waals surface area contributed by atoms with Crippen LogP contribution in [0, 0.1) is 0 Å².